The molecular formula is C16H15NO2. The Morgan fingerprint density at radius 3 is 2.58 bits per heavy atom. The number of rotatable bonds is 2. The number of hydrogen-bond acceptors (Lipinski definition) is 3. The molecule has 2 aromatic rings. The fourth-order valence-electron chi connectivity index (χ4n) is 2.27. The smallest absolute Gasteiger partial charge is 0.217 e. The van der Waals surface area contributed by atoms with Crippen molar-refractivity contribution in [1.82, 2.24) is 0 Å². The summed E-state index contributed by atoms with van der Waals surface area (Å²) in [7, 11) is 0. The van der Waals surface area contributed by atoms with Gasteiger partial charge in [-0.1, -0.05) is 30.3 Å². The zero-order valence-corrected chi connectivity index (χ0v) is 10.7. The monoisotopic (exact) mass is 253 g/mol. The Balaban J connectivity index is 1.86. The van der Waals surface area contributed by atoms with Gasteiger partial charge in [0.1, 0.15) is 11.9 Å². The number of ether oxygens (including phenoxy) is 1. The minimum Gasteiger partial charge on any atom is -0.508 e. The lowest BCUT2D eigenvalue weighted by Crippen LogP contribution is -2.10. The Morgan fingerprint density at radius 2 is 1.84 bits per heavy atom. The molecule has 0 aromatic heterocycles. The van der Waals surface area contributed by atoms with Crippen LogP contribution in [0.2, 0.25) is 0 Å². The summed E-state index contributed by atoms with van der Waals surface area (Å²) in [6.45, 7) is 2.02. The summed E-state index contributed by atoms with van der Waals surface area (Å²) in [6.07, 6.45) is -0.137. The lowest BCUT2D eigenvalue weighted by atomic mass is 10.0. The van der Waals surface area contributed by atoms with Crippen LogP contribution in [0, 0.1) is 0 Å². The van der Waals surface area contributed by atoms with Gasteiger partial charge in [-0.15, -0.1) is 0 Å². The van der Waals surface area contributed by atoms with Gasteiger partial charge in [0.15, 0.2) is 0 Å². The van der Waals surface area contributed by atoms with Crippen molar-refractivity contribution in [2.24, 2.45) is 4.99 Å². The molecule has 2 aromatic carbocycles. The fraction of sp³-hybridized carbons (Fsp3) is 0.188. The molecule has 0 spiro atoms. The molecule has 2 atom stereocenters. The summed E-state index contributed by atoms with van der Waals surface area (Å²) in [5.41, 5.74) is 1.93. The predicted molar refractivity (Wildman–Crippen MR) is 74.4 cm³/mol. The van der Waals surface area contributed by atoms with Gasteiger partial charge in [0, 0.05) is 5.56 Å². The number of benzene rings is 2. The van der Waals surface area contributed by atoms with Crippen molar-refractivity contribution in [2.45, 2.75) is 19.1 Å². The minimum atomic E-state index is -0.137. The van der Waals surface area contributed by atoms with Crippen molar-refractivity contribution in [2.75, 3.05) is 0 Å². The maximum absolute atomic E-state index is 9.55. The second-order valence-electron chi connectivity index (χ2n) is 4.67. The first-order valence-corrected chi connectivity index (χ1v) is 6.33. The van der Waals surface area contributed by atoms with Gasteiger partial charge in [-0.25, -0.2) is 4.99 Å². The van der Waals surface area contributed by atoms with Gasteiger partial charge in [-0.3, -0.25) is 0 Å². The Hall–Kier alpha value is -2.29. The molecule has 0 amide bonds. The van der Waals surface area contributed by atoms with Crippen LogP contribution < -0.4 is 0 Å². The third-order valence-electron chi connectivity index (χ3n) is 3.22. The third-order valence-corrected chi connectivity index (χ3v) is 3.22. The van der Waals surface area contributed by atoms with Crippen LogP contribution in [-0.2, 0) is 4.74 Å². The van der Waals surface area contributed by atoms with Crippen LogP contribution in [0.5, 0.6) is 5.75 Å². The van der Waals surface area contributed by atoms with Crippen molar-refractivity contribution >= 4 is 5.90 Å². The molecule has 0 radical (unpaired) electrons. The molecule has 1 aliphatic heterocycles. The first kappa shape index (κ1) is 11.8. The van der Waals surface area contributed by atoms with E-state index in [4.69, 9.17) is 4.74 Å². The van der Waals surface area contributed by atoms with E-state index < -0.39 is 0 Å². The molecule has 0 saturated carbocycles. The molecule has 3 nitrogen and oxygen atoms in total. The highest BCUT2D eigenvalue weighted by molar-refractivity contribution is 5.95. The first-order chi connectivity index (χ1) is 9.24. The van der Waals surface area contributed by atoms with Gasteiger partial charge < -0.3 is 9.84 Å². The molecule has 1 aliphatic rings. The van der Waals surface area contributed by atoms with Gasteiger partial charge in [0.2, 0.25) is 5.90 Å². The first-order valence-electron chi connectivity index (χ1n) is 6.33. The molecule has 1 N–H and O–H groups in total. The van der Waals surface area contributed by atoms with Crippen molar-refractivity contribution < 1.29 is 9.84 Å². The summed E-state index contributed by atoms with van der Waals surface area (Å²) < 4.78 is 5.94. The van der Waals surface area contributed by atoms with E-state index in [0.717, 1.165) is 11.1 Å². The van der Waals surface area contributed by atoms with Gasteiger partial charge in [-0.05, 0) is 36.8 Å². The maximum Gasteiger partial charge on any atom is 0.217 e. The Kier molecular flexibility index (Phi) is 2.95. The number of phenols is 1. The lowest BCUT2D eigenvalue weighted by molar-refractivity contribution is 0.202. The molecule has 0 saturated heterocycles. The minimum absolute atomic E-state index is 0.0389. The fourth-order valence-corrected chi connectivity index (χ4v) is 2.27. The van der Waals surface area contributed by atoms with E-state index in [1.165, 1.54) is 0 Å². The molecular weight excluding hydrogens is 238 g/mol. The van der Waals surface area contributed by atoms with Crippen molar-refractivity contribution in [3.8, 4) is 5.75 Å². The highest BCUT2D eigenvalue weighted by Gasteiger charge is 2.29. The van der Waals surface area contributed by atoms with E-state index in [1.54, 1.807) is 12.1 Å². The normalized spacial score (nSPS) is 21.8. The van der Waals surface area contributed by atoms with Crippen molar-refractivity contribution in [1.29, 1.82) is 0 Å². The van der Waals surface area contributed by atoms with E-state index in [0.29, 0.717) is 5.90 Å². The highest BCUT2D eigenvalue weighted by atomic mass is 16.5. The molecule has 0 unspecified atom stereocenters. The standard InChI is InChI=1S/C16H15NO2/c1-11-15(13-8-5-9-14(18)10-13)19-16(17-11)12-6-3-2-4-7-12/h2-11,15,18H,1H3/t11-,15+/m0/s1. The van der Waals surface area contributed by atoms with Crippen LogP contribution >= 0.6 is 0 Å². The number of aliphatic imine (C=N–C) groups is 1. The molecule has 3 heteroatoms. The number of aromatic hydroxyl groups is 1. The van der Waals surface area contributed by atoms with Crippen LogP contribution in [0.15, 0.2) is 59.6 Å². The lowest BCUT2D eigenvalue weighted by Gasteiger charge is -2.15. The number of nitrogens with zero attached hydrogens (tertiary/aromatic N) is 1. The summed E-state index contributed by atoms with van der Waals surface area (Å²) in [4.78, 5) is 4.56. The average molecular weight is 253 g/mol. The third kappa shape index (κ3) is 2.32. The zero-order valence-electron chi connectivity index (χ0n) is 10.7. The second-order valence-corrected chi connectivity index (χ2v) is 4.67. The molecule has 0 bridgehead atoms. The second kappa shape index (κ2) is 4.76. The molecule has 0 aliphatic carbocycles. The Morgan fingerprint density at radius 1 is 1.05 bits per heavy atom. The molecule has 1 heterocycles. The van der Waals surface area contributed by atoms with Gasteiger partial charge in [0.05, 0.1) is 6.04 Å². The van der Waals surface area contributed by atoms with E-state index >= 15 is 0 Å². The van der Waals surface area contributed by atoms with E-state index in [9.17, 15) is 5.11 Å². The topological polar surface area (TPSA) is 41.8 Å². The number of phenolic OH excluding ortho intramolecular Hbond substituents is 1. The van der Waals surface area contributed by atoms with Crippen molar-refractivity contribution in [3.05, 3.63) is 65.7 Å². The highest BCUT2D eigenvalue weighted by Crippen LogP contribution is 2.32. The van der Waals surface area contributed by atoms with E-state index in [1.807, 2.05) is 49.4 Å². The summed E-state index contributed by atoms with van der Waals surface area (Å²) in [5, 5.41) is 9.55. The van der Waals surface area contributed by atoms with E-state index in [2.05, 4.69) is 4.99 Å². The predicted octanol–water partition coefficient (Wildman–Crippen LogP) is 3.30. The molecule has 19 heavy (non-hydrogen) atoms. The quantitative estimate of drug-likeness (QED) is 0.892. The summed E-state index contributed by atoms with van der Waals surface area (Å²) in [6, 6.07) is 17.1. The Labute approximate surface area is 112 Å². The Bertz CT molecular complexity index is 607. The van der Waals surface area contributed by atoms with Crippen LogP contribution in [0.25, 0.3) is 0 Å². The summed E-state index contributed by atoms with van der Waals surface area (Å²) in [5.74, 6) is 0.919. The van der Waals surface area contributed by atoms with Crippen LogP contribution in [0.1, 0.15) is 24.2 Å². The van der Waals surface area contributed by atoms with E-state index in [-0.39, 0.29) is 17.9 Å². The largest absolute Gasteiger partial charge is 0.508 e. The molecule has 96 valence electrons. The van der Waals surface area contributed by atoms with Crippen LogP contribution in [0.3, 0.4) is 0 Å². The average Bonchev–Trinajstić information content (AvgIpc) is 2.82. The zero-order chi connectivity index (χ0) is 13.2. The van der Waals surface area contributed by atoms with Crippen LogP contribution in [-0.4, -0.2) is 17.0 Å². The molecule has 0 fully saturated rings. The van der Waals surface area contributed by atoms with Gasteiger partial charge >= 0.3 is 0 Å². The van der Waals surface area contributed by atoms with Gasteiger partial charge in [0.25, 0.3) is 0 Å². The van der Waals surface area contributed by atoms with Crippen LogP contribution in [0.4, 0.5) is 0 Å². The SMILES string of the molecule is C[C@@H]1N=C(c2ccccc2)O[C@H]1c1cccc(O)c1. The summed E-state index contributed by atoms with van der Waals surface area (Å²) >= 11 is 0. The van der Waals surface area contributed by atoms with Crippen molar-refractivity contribution in [3.63, 3.8) is 0 Å². The molecule has 3 rings (SSSR count). The maximum atomic E-state index is 9.55. The number of hydrogen-bond donors (Lipinski definition) is 1. The van der Waals surface area contributed by atoms with Gasteiger partial charge in [-0.2, -0.15) is 0 Å².